The lowest BCUT2D eigenvalue weighted by Gasteiger charge is -2.24. The van der Waals surface area contributed by atoms with Crippen LogP contribution in [0.2, 0.25) is 0 Å². The molecule has 0 aromatic carbocycles. The number of carboxylic acids is 1. The number of carboxylic acid groups (broad SMARTS) is 1. The van der Waals surface area contributed by atoms with Crippen molar-refractivity contribution in [2.75, 3.05) is 13.1 Å². The number of aliphatic carboxylic acids is 1. The molecule has 1 rings (SSSR count). The molecule has 0 spiro atoms. The van der Waals surface area contributed by atoms with Gasteiger partial charge in [0.2, 0.25) is 6.10 Å². The molecule has 1 aliphatic rings. The van der Waals surface area contributed by atoms with Crippen molar-refractivity contribution in [1.29, 1.82) is 0 Å². The normalized spacial score (nSPS) is 17.8. The van der Waals surface area contributed by atoms with E-state index in [0.717, 1.165) is 25.7 Å². The van der Waals surface area contributed by atoms with Crippen molar-refractivity contribution >= 4 is 17.6 Å². The molecule has 0 saturated carbocycles. The van der Waals surface area contributed by atoms with Crippen LogP contribution in [0, 0.1) is 0 Å². The number of oxime groups is 1. The molecule has 6 nitrogen and oxygen atoms in total. The van der Waals surface area contributed by atoms with E-state index in [-0.39, 0.29) is 18.0 Å². The standard InChI is InChI=1S/C13H22N2O4/c1-3-5-7-15(8-6-4-2)12(16)11-9-10(13(17)18)14-19-11/h11H,3-9H2,1-2H3,(H,17,18). The van der Waals surface area contributed by atoms with Crippen LogP contribution < -0.4 is 0 Å². The lowest BCUT2D eigenvalue weighted by molar-refractivity contribution is -0.142. The van der Waals surface area contributed by atoms with Crippen LogP contribution in [-0.2, 0) is 14.4 Å². The third-order valence-electron chi connectivity index (χ3n) is 3.07. The second kappa shape index (κ2) is 7.76. The van der Waals surface area contributed by atoms with Gasteiger partial charge in [-0.1, -0.05) is 31.8 Å². The fourth-order valence-corrected chi connectivity index (χ4v) is 1.87. The highest BCUT2D eigenvalue weighted by Gasteiger charge is 2.34. The second-order valence-corrected chi connectivity index (χ2v) is 4.67. The van der Waals surface area contributed by atoms with E-state index in [1.807, 2.05) is 0 Å². The average molecular weight is 270 g/mol. The molecule has 1 unspecified atom stereocenters. The highest BCUT2D eigenvalue weighted by atomic mass is 16.6. The molecule has 0 bridgehead atoms. The maximum Gasteiger partial charge on any atom is 0.353 e. The number of rotatable bonds is 8. The lowest BCUT2D eigenvalue weighted by Crippen LogP contribution is -2.40. The first-order valence-corrected chi connectivity index (χ1v) is 6.84. The highest BCUT2D eigenvalue weighted by Crippen LogP contribution is 2.14. The Bertz CT molecular complexity index is 347. The Morgan fingerprint density at radius 1 is 1.32 bits per heavy atom. The first-order valence-electron chi connectivity index (χ1n) is 6.84. The van der Waals surface area contributed by atoms with Gasteiger partial charge in [-0.3, -0.25) is 4.79 Å². The number of hydrogen-bond acceptors (Lipinski definition) is 4. The summed E-state index contributed by atoms with van der Waals surface area (Å²) in [6.45, 7) is 5.52. The number of carbonyl (C=O) groups excluding carboxylic acids is 1. The summed E-state index contributed by atoms with van der Waals surface area (Å²) in [7, 11) is 0. The molecule has 0 saturated heterocycles. The van der Waals surface area contributed by atoms with Gasteiger partial charge in [-0.25, -0.2) is 4.79 Å². The van der Waals surface area contributed by atoms with Gasteiger partial charge in [0.25, 0.3) is 5.91 Å². The molecule has 0 fully saturated rings. The van der Waals surface area contributed by atoms with E-state index >= 15 is 0 Å². The molecular formula is C13H22N2O4. The summed E-state index contributed by atoms with van der Waals surface area (Å²) in [4.78, 5) is 29.7. The third kappa shape index (κ3) is 4.54. The molecule has 19 heavy (non-hydrogen) atoms. The molecule has 0 aromatic rings. The summed E-state index contributed by atoms with van der Waals surface area (Å²) in [5.41, 5.74) is -0.0794. The fraction of sp³-hybridized carbons (Fsp3) is 0.769. The average Bonchev–Trinajstić information content (AvgIpc) is 2.88. The highest BCUT2D eigenvalue weighted by molar-refractivity contribution is 6.36. The van der Waals surface area contributed by atoms with Crippen LogP contribution in [0.3, 0.4) is 0 Å². The zero-order valence-corrected chi connectivity index (χ0v) is 11.6. The smallest absolute Gasteiger partial charge is 0.353 e. The van der Waals surface area contributed by atoms with Crippen LogP contribution in [-0.4, -0.2) is 46.8 Å². The minimum absolute atomic E-state index is 0.0584. The van der Waals surface area contributed by atoms with E-state index in [1.54, 1.807) is 4.90 Å². The summed E-state index contributed by atoms with van der Waals surface area (Å²) in [6.07, 6.45) is 3.20. The van der Waals surface area contributed by atoms with Crippen molar-refractivity contribution in [3.63, 3.8) is 0 Å². The van der Waals surface area contributed by atoms with Crippen LogP contribution in [0.15, 0.2) is 5.16 Å². The summed E-state index contributed by atoms with van der Waals surface area (Å²) >= 11 is 0. The topological polar surface area (TPSA) is 79.2 Å². The van der Waals surface area contributed by atoms with Crippen molar-refractivity contribution in [1.82, 2.24) is 4.90 Å². The van der Waals surface area contributed by atoms with Gasteiger partial charge in [0.15, 0.2) is 5.71 Å². The summed E-state index contributed by atoms with van der Waals surface area (Å²) < 4.78 is 0. The minimum Gasteiger partial charge on any atom is -0.477 e. The van der Waals surface area contributed by atoms with Gasteiger partial charge in [0.05, 0.1) is 0 Å². The van der Waals surface area contributed by atoms with E-state index in [1.165, 1.54) is 0 Å². The van der Waals surface area contributed by atoms with Crippen molar-refractivity contribution < 1.29 is 19.5 Å². The van der Waals surface area contributed by atoms with Crippen molar-refractivity contribution in [3.05, 3.63) is 0 Å². The Balaban J connectivity index is 2.54. The molecule has 6 heteroatoms. The van der Waals surface area contributed by atoms with Crippen LogP contribution in [0.25, 0.3) is 0 Å². The van der Waals surface area contributed by atoms with Crippen LogP contribution in [0.4, 0.5) is 0 Å². The number of unbranched alkanes of at least 4 members (excludes halogenated alkanes) is 2. The predicted octanol–water partition coefficient (Wildman–Crippen LogP) is 1.64. The van der Waals surface area contributed by atoms with E-state index < -0.39 is 12.1 Å². The molecule has 0 radical (unpaired) electrons. The number of carbonyl (C=O) groups is 2. The predicted molar refractivity (Wildman–Crippen MR) is 71.0 cm³/mol. The molecule has 1 aliphatic heterocycles. The molecule has 108 valence electrons. The maximum atomic E-state index is 12.3. The number of amides is 1. The van der Waals surface area contributed by atoms with Gasteiger partial charge in [0.1, 0.15) is 0 Å². The first-order chi connectivity index (χ1) is 9.10. The van der Waals surface area contributed by atoms with Crippen LogP contribution in [0.1, 0.15) is 46.0 Å². The van der Waals surface area contributed by atoms with Gasteiger partial charge < -0.3 is 14.8 Å². The zero-order valence-electron chi connectivity index (χ0n) is 11.6. The van der Waals surface area contributed by atoms with E-state index in [0.29, 0.717) is 13.1 Å². The zero-order chi connectivity index (χ0) is 14.3. The maximum absolute atomic E-state index is 12.3. The van der Waals surface area contributed by atoms with Gasteiger partial charge >= 0.3 is 5.97 Å². The summed E-state index contributed by atoms with van der Waals surface area (Å²) in [5.74, 6) is -1.27. The fourth-order valence-electron chi connectivity index (χ4n) is 1.87. The molecule has 0 aromatic heterocycles. The van der Waals surface area contributed by atoms with Gasteiger partial charge in [-0.05, 0) is 12.8 Å². The molecule has 1 N–H and O–H groups in total. The second-order valence-electron chi connectivity index (χ2n) is 4.67. The van der Waals surface area contributed by atoms with Crippen LogP contribution in [0.5, 0.6) is 0 Å². The largest absolute Gasteiger partial charge is 0.477 e. The lowest BCUT2D eigenvalue weighted by atomic mass is 10.1. The van der Waals surface area contributed by atoms with E-state index in [9.17, 15) is 9.59 Å². The molecule has 1 heterocycles. The van der Waals surface area contributed by atoms with Gasteiger partial charge in [-0.2, -0.15) is 0 Å². The van der Waals surface area contributed by atoms with Crippen LogP contribution >= 0.6 is 0 Å². The monoisotopic (exact) mass is 270 g/mol. The Kier molecular flexibility index (Phi) is 6.32. The SMILES string of the molecule is CCCCN(CCCC)C(=O)C1CC(C(=O)O)=NO1. The summed E-state index contributed by atoms with van der Waals surface area (Å²) in [5, 5.41) is 12.2. The van der Waals surface area contributed by atoms with Crippen molar-refractivity contribution in [3.8, 4) is 0 Å². The molecule has 1 amide bonds. The van der Waals surface area contributed by atoms with Gasteiger partial charge in [-0.15, -0.1) is 0 Å². The third-order valence-corrected chi connectivity index (χ3v) is 3.07. The first kappa shape index (κ1) is 15.5. The van der Waals surface area contributed by atoms with E-state index in [4.69, 9.17) is 9.94 Å². The van der Waals surface area contributed by atoms with Crippen molar-refractivity contribution in [2.24, 2.45) is 5.16 Å². The Morgan fingerprint density at radius 2 is 1.89 bits per heavy atom. The Labute approximate surface area is 113 Å². The number of nitrogens with zero attached hydrogens (tertiary/aromatic N) is 2. The summed E-state index contributed by atoms with van der Waals surface area (Å²) in [6, 6.07) is 0. The quantitative estimate of drug-likeness (QED) is 0.727. The molecule has 1 atom stereocenters. The Morgan fingerprint density at radius 3 is 2.32 bits per heavy atom. The van der Waals surface area contributed by atoms with Crippen molar-refractivity contribution in [2.45, 2.75) is 52.1 Å². The van der Waals surface area contributed by atoms with Gasteiger partial charge in [0, 0.05) is 19.5 Å². The molecule has 0 aliphatic carbocycles. The van der Waals surface area contributed by atoms with E-state index in [2.05, 4.69) is 19.0 Å². The minimum atomic E-state index is -1.12. The number of hydrogen-bond donors (Lipinski definition) is 1. The Hall–Kier alpha value is -1.59. The molecular weight excluding hydrogens is 248 g/mol.